The molecule has 2 aromatic rings. The van der Waals surface area contributed by atoms with Crippen LogP contribution in [0.2, 0.25) is 0 Å². The number of aliphatic carboxylic acids is 1. The molecule has 2 aromatic carbocycles. The Kier molecular flexibility index (Phi) is 7.01. The van der Waals surface area contributed by atoms with Crippen LogP contribution in [0.25, 0.3) is 0 Å². The lowest BCUT2D eigenvalue weighted by Gasteiger charge is -2.07. The second-order valence-electron chi connectivity index (χ2n) is 5.91. The van der Waals surface area contributed by atoms with Gasteiger partial charge in [0.2, 0.25) is 5.91 Å². The van der Waals surface area contributed by atoms with Crippen LogP contribution in [0.5, 0.6) is 5.75 Å². The zero-order valence-corrected chi connectivity index (χ0v) is 14.3. The smallest absolute Gasteiger partial charge is 0.341 e. The van der Waals surface area contributed by atoms with E-state index in [0.29, 0.717) is 18.7 Å². The van der Waals surface area contributed by atoms with E-state index in [-0.39, 0.29) is 12.5 Å². The zero-order chi connectivity index (χ0) is 18.1. The molecule has 0 saturated heterocycles. The summed E-state index contributed by atoms with van der Waals surface area (Å²) in [5.41, 5.74) is 3.44. The molecule has 0 aromatic heterocycles. The Morgan fingerprint density at radius 2 is 1.56 bits per heavy atom. The summed E-state index contributed by atoms with van der Waals surface area (Å²) < 4.78 is 5.08. The summed E-state index contributed by atoms with van der Waals surface area (Å²) in [6.45, 7) is 2.26. The molecule has 2 rings (SSSR count). The molecule has 0 spiro atoms. The highest BCUT2D eigenvalue weighted by Crippen LogP contribution is 2.12. The molecule has 0 unspecified atom stereocenters. The summed E-state index contributed by atoms with van der Waals surface area (Å²) in [4.78, 5) is 22.3. The Hall–Kier alpha value is -2.82. The molecule has 0 aliphatic heterocycles. The summed E-state index contributed by atoms with van der Waals surface area (Å²) >= 11 is 0. The van der Waals surface area contributed by atoms with Crippen molar-refractivity contribution in [3.63, 3.8) is 0 Å². The largest absolute Gasteiger partial charge is 0.482 e. The third-order valence-electron chi connectivity index (χ3n) is 3.78. The van der Waals surface area contributed by atoms with E-state index in [1.165, 1.54) is 5.56 Å². The Bertz CT molecular complexity index is 693. The normalized spacial score (nSPS) is 10.3. The number of amides is 1. The number of aryl methyl sites for hydroxylation is 2. The molecule has 1 amide bonds. The Labute approximate surface area is 147 Å². The van der Waals surface area contributed by atoms with Crippen LogP contribution < -0.4 is 10.1 Å². The number of nitrogens with one attached hydrogen (secondary N) is 1. The molecular formula is C20H23NO4. The fraction of sp³-hybridized carbons (Fsp3) is 0.300. The number of ether oxygens (including phenoxy) is 1. The first kappa shape index (κ1) is 18.5. The van der Waals surface area contributed by atoms with Crippen molar-refractivity contribution in [1.29, 1.82) is 0 Å². The van der Waals surface area contributed by atoms with Crippen molar-refractivity contribution in [2.24, 2.45) is 0 Å². The lowest BCUT2D eigenvalue weighted by molar-refractivity contribution is -0.139. The first-order valence-corrected chi connectivity index (χ1v) is 8.29. The van der Waals surface area contributed by atoms with E-state index in [4.69, 9.17) is 9.84 Å². The van der Waals surface area contributed by atoms with Crippen LogP contribution in [0.3, 0.4) is 0 Å². The summed E-state index contributed by atoms with van der Waals surface area (Å²) in [5, 5.41) is 11.5. The molecule has 5 heteroatoms. The van der Waals surface area contributed by atoms with Gasteiger partial charge in [0.15, 0.2) is 6.61 Å². The van der Waals surface area contributed by atoms with Crippen LogP contribution in [0.15, 0.2) is 48.5 Å². The molecule has 2 N–H and O–H groups in total. The molecule has 0 aliphatic rings. The van der Waals surface area contributed by atoms with E-state index in [1.807, 2.05) is 19.1 Å². The summed E-state index contributed by atoms with van der Waals surface area (Å²) in [5.74, 6) is -0.437. The van der Waals surface area contributed by atoms with Crippen molar-refractivity contribution < 1.29 is 19.4 Å². The van der Waals surface area contributed by atoms with Gasteiger partial charge in [-0.1, -0.05) is 42.0 Å². The molecule has 132 valence electrons. The van der Waals surface area contributed by atoms with Crippen LogP contribution in [0.1, 0.15) is 23.1 Å². The maximum absolute atomic E-state index is 11.9. The molecule has 0 heterocycles. The molecule has 0 radical (unpaired) electrons. The second-order valence-corrected chi connectivity index (χ2v) is 5.91. The maximum atomic E-state index is 11.9. The van der Waals surface area contributed by atoms with Gasteiger partial charge in [0.05, 0.1) is 0 Å². The van der Waals surface area contributed by atoms with Crippen molar-refractivity contribution >= 4 is 11.9 Å². The average Bonchev–Trinajstić information content (AvgIpc) is 2.60. The van der Waals surface area contributed by atoms with Gasteiger partial charge in [0.25, 0.3) is 0 Å². The van der Waals surface area contributed by atoms with Crippen molar-refractivity contribution in [3.8, 4) is 5.75 Å². The second kappa shape index (κ2) is 9.47. The number of hydrogen-bond acceptors (Lipinski definition) is 3. The van der Waals surface area contributed by atoms with Gasteiger partial charge in [-0.3, -0.25) is 4.79 Å². The molecule has 0 atom stereocenters. The minimum absolute atomic E-state index is 0.0435. The van der Waals surface area contributed by atoms with Gasteiger partial charge in [-0.05, 0) is 43.0 Å². The number of hydrogen-bond donors (Lipinski definition) is 2. The standard InChI is InChI=1S/C20H23NO4/c1-15-2-4-16(5-3-15)8-11-19(22)21-13-12-17-6-9-18(10-7-17)25-14-20(23)24/h2-7,9-10H,8,11-14H2,1H3,(H,21,22)(H,23,24). The minimum Gasteiger partial charge on any atom is -0.482 e. The van der Waals surface area contributed by atoms with Gasteiger partial charge < -0.3 is 15.2 Å². The van der Waals surface area contributed by atoms with E-state index >= 15 is 0 Å². The third kappa shape index (κ3) is 7.08. The molecular weight excluding hydrogens is 318 g/mol. The van der Waals surface area contributed by atoms with Crippen molar-refractivity contribution in [1.82, 2.24) is 5.32 Å². The van der Waals surface area contributed by atoms with Crippen molar-refractivity contribution in [2.75, 3.05) is 13.2 Å². The fourth-order valence-corrected chi connectivity index (χ4v) is 2.34. The van der Waals surface area contributed by atoms with Gasteiger partial charge in [-0.15, -0.1) is 0 Å². The lowest BCUT2D eigenvalue weighted by atomic mass is 10.1. The van der Waals surface area contributed by atoms with Gasteiger partial charge in [-0.2, -0.15) is 0 Å². The molecule has 5 nitrogen and oxygen atoms in total. The summed E-state index contributed by atoms with van der Waals surface area (Å²) in [7, 11) is 0. The topological polar surface area (TPSA) is 75.6 Å². The number of carboxylic acid groups (broad SMARTS) is 1. The Morgan fingerprint density at radius 1 is 0.960 bits per heavy atom. The van der Waals surface area contributed by atoms with E-state index in [9.17, 15) is 9.59 Å². The molecule has 0 saturated carbocycles. The first-order chi connectivity index (χ1) is 12.0. The van der Waals surface area contributed by atoms with Crippen molar-refractivity contribution in [3.05, 3.63) is 65.2 Å². The van der Waals surface area contributed by atoms with E-state index in [1.54, 1.807) is 12.1 Å². The predicted octanol–water partition coefficient (Wildman–Crippen LogP) is 2.75. The van der Waals surface area contributed by atoms with Crippen LogP contribution in [-0.2, 0) is 22.4 Å². The maximum Gasteiger partial charge on any atom is 0.341 e. The van der Waals surface area contributed by atoms with Crippen LogP contribution in [-0.4, -0.2) is 30.1 Å². The monoisotopic (exact) mass is 341 g/mol. The summed E-state index contributed by atoms with van der Waals surface area (Å²) in [6, 6.07) is 15.4. The first-order valence-electron chi connectivity index (χ1n) is 8.29. The predicted molar refractivity (Wildman–Crippen MR) is 95.8 cm³/mol. The quantitative estimate of drug-likeness (QED) is 0.735. The number of rotatable bonds is 9. The number of carbonyl (C=O) groups is 2. The van der Waals surface area contributed by atoms with Gasteiger partial charge in [0, 0.05) is 13.0 Å². The molecule has 0 bridgehead atoms. The fourth-order valence-electron chi connectivity index (χ4n) is 2.34. The Morgan fingerprint density at radius 3 is 2.20 bits per heavy atom. The number of benzene rings is 2. The van der Waals surface area contributed by atoms with E-state index in [2.05, 4.69) is 29.6 Å². The SMILES string of the molecule is Cc1ccc(CCC(=O)NCCc2ccc(OCC(=O)O)cc2)cc1. The van der Waals surface area contributed by atoms with Gasteiger partial charge in [-0.25, -0.2) is 4.79 Å². The summed E-state index contributed by atoms with van der Waals surface area (Å²) in [6.07, 6.45) is 1.93. The molecule has 25 heavy (non-hydrogen) atoms. The van der Waals surface area contributed by atoms with Crippen LogP contribution in [0, 0.1) is 6.92 Å². The van der Waals surface area contributed by atoms with Gasteiger partial charge in [0.1, 0.15) is 5.75 Å². The van der Waals surface area contributed by atoms with Gasteiger partial charge >= 0.3 is 5.97 Å². The van der Waals surface area contributed by atoms with Crippen LogP contribution in [0.4, 0.5) is 0 Å². The van der Waals surface area contributed by atoms with E-state index in [0.717, 1.165) is 24.0 Å². The van der Waals surface area contributed by atoms with E-state index < -0.39 is 5.97 Å². The highest BCUT2D eigenvalue weighted by atomic mass is 16.5. The zero-order valence-electron chi connectivity index (χ0n) is 14.3. The molecule has 0 aliphatic carbocycles. The molecule has 0 fully saturated rings. The lowest BCUT2D eigenvalue weighted by Crippen LogP contribution is -2.25. The minimum atomic E-state index is -1.00. The van der Waals surface area contributed by atoms with Crippen molar-refractivity contribution in [2.45, 2.75) is 26.2 Å². The highest BCUT2D eigenvalue weighted by molar-refractivity contribution is 5.76. The third-order valence-corrected chi connectivity index (χ3v) is 3.78. The highest BCUT2D eigenvalue weighted by Gasteiger charge is 2.03. The number of carbonyl (C=O) groups excluding carboxylic acids is 1. The number of carboxylic acids is 1. The average molecular weight is 341 g/mol. The Balaban J connectivity index is 1.66. The van der Waals surface area contributed by atoms with Crippen LogP contribution >= 0.6 is 0 Å².